The lowest BCUT2D eigenvalue weighted by Gasteiger charge is -2.28. The van der Waals surface area contributed by atoms with E-state index in [-0.39, 0.29) is 11.9 Å². The minimum Gasteiger partial charge on any atom is -0.352 e. The smallest absolute Gasteiger partial charge is 0.217 e. The maximum absolute atomic E-state index is 12.1. The number of pyridine rings is 2. The van der Waals surface area contributed by atoms with Crippen LogP contribution in [0, 0.1) is 0 Å². The third-order valence-electron chi connectivity index (χ3n) is 7.50. The SMILES string of the molecule is CC(=O)N[C@@H](Cc1ccccc1)CN(Cc1ccc(CNC2CCCc3cccnc32)cc1)Cc1ccccn1. The first-order valence-electron chi connectivity index (χ1n) is 14.3. The van der Waals surface area contributed by atoms with Crippen LogP contribution in [0.3, 0.4) is 0 Å². The summed E-state index contributed by atoms with van der Waals surface area (Å²) in [7, 11) is 0. The van der Waals surface area contributed by atoms with Crippen molar-refractivity contribution in [1.82, 2.24) is 25.5 Å². The first-order chi connectivity index (χ1) is 19.6. The third-order valence-corrected chi connectivity index (χ3v) is 7.50. The van der Waals surface area contributed by atoms with Gasteiger partial charge in [-0.2, -0.15) is 0 Å². The number of carbonyl (C=O) groups is 1. The maximum atomic E-state index is 12.1. The minimum absolute atomic E-state index is 0.000865. The maximum Gasteiger partial charge on any atom is 0.217 e. The van der Waals surface area contributed by atoms with Gasteiger partial charge in [0.1, 0.15) is 0 Å². The molecule has 2 aromatic carbocycles. The van der Waals surface area contributed by atoms with Crippen molar-refractivity contribution in [1.29, 1.82) is 0 Å². The second-order valence-corrected chi connectivity index (χ2v) is 10.8. The Morgan fingerprint density at radius 2 is 1.65 bits per heavy atom. The van der Waals surface area contributed by atoms with Gasteiger partial charge in [0.05, 0.1) is 17.4 Å². The molecule has 0 saturated heterocycles. The summed E-state index contributed by atoms with van der Waals surface area (Å²) >= 11 is 0. The standard InChI is InChI=1S/C34H39N5O/c1-26(40)38-32(21-27-9-3-2-4-10-27)25-39(24-31-13-5-6-19-35-31)23-29-17-15-28(16-18-29)22-37-33-14-7-11-30-12-8-20-36-34(30)33/h2-6,8-10,12-13,15-20,32-33,37H,7,11,14,21-25H2,1H3,(H,38,40)/t32-,33?/m0/s1. The molecule has 40 heavy (non-hydrogen) atoms. The molecule has 0 fully saturated rings. The van der Waals surface area contributed by atoms with Crippen molar-refractivity contribution in [2.24, 2.45) is 0 Å². The Kier molecular flexibility index (Phi) is 9.67. The minimum atomic E-state index is -0.00800. The number of rotatable bonds is 12. The van der Waals surface area contributed by atoms with Crippen LogP contribution in [0.4, 0.5) is 0 Å². The summed E-state index contributed by atoms with van der Waals surface area (Å²) in [6, 6.07) is 29.8. The van der Waals surface area contributed by atoms with Crippen LogP contribution in [0.1, 0.15) is 59.4 Å². The summed E-state index contributed by atoms with van der Waals surface area (Å²) in [6.07, 6.45) is 7.97. The zero-order chi connectivity index (χ0) is 27.6. The number of nitrogens with zero attached hydrogens (tertiary/aromatic N) is 3. The number of fused-ring (bicyclic) bond motifs is 1. The van der Waals surface area contributed by atoms with Crippen molar-refractivity contribution in [3.63, 3.8) is 0 Å². The van der Waals surface area contributed by atoms with E-state index < -0.39 is 0 Å². The predicted octanol–water partition coefficient (Wildman–Crippen LogP) is 5.39. The number of amides is 1. The van der Waals surface area contributed by atoms with Crippen LogP contribution < -0.4 is 10.6 Å². The summed E-state index contributed by atoms with van der Waals surface area (Å²) in [5.74, 6) is -0.00800. The molecule has 206 valence electrons. The van der Waals surface area contributed by atoms with Gasteiger partial charge in [0.15, 0.2) is 0 Å². The summed E-state index contributed by atoms with van der Waals surface area (Å²) in [4.78, 5) is 23.7. The normalized spacial score (nSPS) is 15.4. The van der Waals surface area contributed by atoms with Gasteiger partial charge in [-0.05, 0) is 66.1 Å². The number of hydrogen-bond donors (Lipinski definition) is 2. The molecular formula is C34H39N5O. The van der Waals surface area contributed by atoms with Gasteiger partial charge in [-0.25, -0.2) is 0 Å². The van der Waals surface area contributed by atoms with Gasteiger partial charge in [0, 0.05) is 51.5 Å². The number of aryl methyl sites for hydroxylation is 1. The molecule has 0 spiro atoms. The van der Waals surface area contributed by atoms with Crippen LogP contribution >= 0.6 is 0 Å². The van der Waals surface area contributed by atoms with Crippen LogP contribution in [-0.2, 0) is 37.3 Å². The average molecular weight is 534 g/mol. The Labute approximate surface area is 237 Å². The van der Waals surface area contributed by atoms with Crippen LogP contribution in [0.2, 0.25) is 0 Å². The number of hydrogen-bond acceptors (Lipinski definition) is 5. The van der Waals surface area contributed by atoms with E-state index in [0.29, 0.717) is 12.6 Å². The van der Waals surface area contributed by atoms with Crippen LogP contribution in [0.5, 0.6) is 0 Å². The molecule has 2 heterocycles. The Morgan fingerprint density at radius 3 is 2.42 bits per heavy atom. The molecule has 4 aromatic rings. The van der Waals surface area contributed by atoms with Gasteiger partial charge in [-0.3, -0.25) is 19.7 Å². The van der Waals surface area contributed by atoms with Gasteiger partial charge < -0.3 is 10.6 Å². The number of nitrogens with one attached hydrogen (secondary N) is 2. The first kappa shape index (κ1) is 27.7. The van der Waals surface area contributed by atoms with Crippen molar-refractivity contribution >= 4 is 5.91 Å². The monoisotopic (exact) mass is 533 g/mol. The Morgan fingerprint density at radius 1 is 0.875 bits per heavy atom. The molecule has 0 saturated carbocycles. The lowest BCUT2D eigenvalue weighted by atomic mass is 9.92. The predicted molar refractivity (Wildman–Crippen MR) is 159 cm³/mol. The van der Waals surface area contributed by atoms with Crippen LogP contribution in [0.25, 0.3) is 0 Å². The molecular weight excluding hydrogens is 494 g/mol. The van der Waals surface area contributed by atoms with E-state index in [1.54, 1.807) is 6.92 Å². The van der Waals surface area contributed by atoms with Crippen LogP contribution in [-0.4, -0.2) is 33.4 Å². The summed E-state index contributed by atoms with van der Waals surface area (Å²) in [5, 5.41) is 6.91. The van der Waals surface area contributed by atoms with E-state index in [1.807, 2.05) is 48.8 Å². The van der Waals surface area contributed by atoms with Crippen molar-refractivity contribution in [3.8, 4) is 0 Å². The van der Waals surface area contributed by atoms with E-state index in [4.69, 9.17) is 0 Å². The van der Waals surface area contributed by atoms with E-state index in [9.17, 15) is 4.79 Å². The third kappa shape index (κ3) is 8.07. The molecule has 1 amide bonds. The van der Waals surface area contributed by atoms with Crippen molar-refractivity contribution in [2.75, 3.05) is 6.54 Å². The number of benzene rings is 2. The van der Waals surface area contributed by atoms with Crippen molar-refractivity contribution in [3.05, 3.63) is 131 Å². The fraction of sp³-hybridized carbons (Fsp3) is 0.324. The molecule has 0 bridgehead atoms. The highest BCUT2D eigenvalue weighted by atomic mass is 16.1. The highest BCUT2D eigenvalue weighted by Gasteiger charge is 2.21. The summed E-state index contributed by atoms with van der Waals surface area (Å²) in [5.41, 5.74) is 7.32. The zero-order valence-corrected chi connectivity index (χ0v) is 23.3. The lowest BCUT2D eigenvalue weighted by Crippen LogP contribution is -2.44. The lowest BCUT2D eigenvalue weighted by molar-refractivity contribution is -0.119. The first-order valence-corrected chi connectivity index (χ1v) is 14.3. The second-order valence-electron chi connectivity index (χ2n) is 10.8. The fourth-order valence-corrected chi connectivity index (χ4v) is 5.63. The molecule has 1 aliphatic carbocycles. The van der Waals surface area contributed by atoms with Gasteiger partial charge in [-0.15, -0.1) is 0 Å². The molecule has 1 unspecified atom stereocenters. The quantitative estimate of drug-likeness (QED) is 0.255. The second kappa shape index (κ2) is 14.0. The topological polar surface area (TPSA) is 70.2 Å². The average Bonchev–Trinajstić information content (AvgIpc) is 2.97. The number of aromatic nitrogens is 2. The highest BCUT2D eigenvalue weighted by Crippen LogP contribution is 2.28. The van der Waals surface area contributed by atoms with Gasteiger partial charge in [0.2, 0.25) is 5.91 Å². The molecule has 6 heteroatoms. The molecule has 6 nitrogen and oxygen atoms in total. The van der Waals surface area contributed by atoms with Crippen LogP contribution in [0.15, 0.2) is 97.3 Å². The van der Waals surface area contributed by atoms with Gasteiger partial charge >= 0.3 is 0 Å². The molecule has 0 aliphatic heterocycles. The molecule has 2 N–H and O–H groups in total. The van der Waals surface area contributed by atoms with Gasteiger partial charge in [0.25, 0.3) is 0 Å². The fourth-order valence-electron chi connectivity index (χ4n) is 5.63. The Hall–Kier alpha value is -3.87. The Bertz CT molecular complexity index is 1340. The molecule has 2 aromatic heterocycles. The summed E-state index contributed by atoms with van der Waals surface area (Å²) in [6.45, 7) is 4.62. The highest BCUT2D eigenvalue weighted by molar-refractivity contribution is 5.73. The van der Waals surface area contributed by atoms with E-state index in [0.717, 1.165) is 44.6 Å². The summed E-state index contributed by atoms with van der Waals surface area (Å²) < 4.78 is 0. The van der Waals surface area contributed by atoms with E-state index in [2.05, 4.69) is 74.0 Å². The molecule has 0 radical (unpaired) electrons. The largest absolute Gasteiger partial charge is 0.352 e. The van der Waals surface area contributed by atoms with Gasteiger partial charge in [-0.1, -0.05) is 66.7 Å². The van der Waals surface area contributed by atoms with E-state index in [1.165, 1.54) is 34.4 Å². The molecule has 5 rings (SSSR count). The van der Waals surface area contributed by atoms with Crippen molar-refractivity contribution in [2.45, 2.75) is 64.3 Å². The zero-order valence-electron chi connectivity index (χ0n) is 23.3. The van der Waals surface area contributed by atoms with E-state index >= 15 is 0 Å². The molecule has 2 atom stereocenters. The molecule has 1 aliphatic rings. The Balaban J connectivity index is 1.25. The van der Waals surface area contributed by atoms with Crippen molar-refractivity contribution < 1.29 is 4.79 Å². The number of carbonyl (C=O) groups excluding carboxylic acids is 1.